The summed E-state index contributed by atoms with van der Waals surface area (Å²) < 4.78 is 5.74. The van der Waals surface area contributed by atoms with E-state index in [1.807, 2.05) is 39.0 Å². The molecule has 0 aromatic carbocycles. The van der Waals surface area contributed by atoms with Crippen LogP contribution in [-0.4, -0.2) is 64.0 Å². The summed E-state index contributed by atoms with van der Waals surface area (Å²) in [6, 6.07) is 0. The van der Waals surface area contributed by atoms with Crippen molar-refractivity contribution in [3.05, 3.63) is 108 Å². The predicted molar refractivity (Wildman–Crippen MR) is 238 cm³/mol. The Kier molecular flexibility index (Phi) is 14.7. The molecule has 1 aromatic heterocycles. The number of aliphatic hydroxyl groups excluding tert-OH is 1. The van der Waals surface area contributed by atoms with E-state index in [1.165, 1.54) is 16.7 Å². The van der Waals surface area contributed by atoms with Gasteiger partial charge in [-0.1, -0.05) is 54.4 Å². The van der Waals surface area contributed by atoms with Crippen LogP contribution < -0.4 is 20.7 Å². The zero-order chi connectivity index (χ0) is 41.3. The molecule has 0 saturated carbocycles. The van der Waals surface area contributed by atoms with Gasteiger partial charge in [-0.15, -0.1) is 16.8 Å². The summed E-state index contributed by atoms with van der Waals surface area (Å²) in [6.45, 7) is 22.9. The Labute approximate surface area is 361 Å². The quantitative estimate of drug-likeness (QED) is 0.124. The third kappa shape index (κ3) is 9.22. The molecule has 5 aliphatic rings. The number of allylic oxidation sites excluding steroid dienone is 11. The predicted octanol–water partition coefficient (Wildman–Crippen LogP) is 7.89. The maximum absolute atomic E-state index is 13.8. The number of aromatic nitrogens is 1. The van der Waals surface area contributed by atoms with Gasteiger partial charge in [-0.2, -0.15) is 0 Å². The Morgan fingerprint density at radius 1 is 0.948 bits per heavy atom. The van der Waals surface area contributed by atoms with Gasteiger partial charge in [0.05, 0.1) is 28.9 Å². The van der Waals surface area contributed by atoms with E-state index in [2.05, 4.69) is 60.6 Å². The largest absolute Gasteiger partial charge is 2.00 e. The van der Waals surface area contributed by atoms with Crippen LogP contribution in [0.3, 0.4) is 0 Å². The number of rotatable bonds is 13. The van der Waals surface area contributed by atoms with Crippen LogP contribution in [0, 0.1) is 18.8 Å². The summed E-state index contributed by atoms with van der Waals surface area (Å²) >= 11 is 0. The Hall–Kier alpha value is -4.05. The molecule has 8 bridgehead atoms. The number of carbonyl (C=O) groups excluding carboxylic acids is 1. The first-order chi connectivity index (χ1) is 27.1. The van der Waals surface area contributed by atoms with E-state index >= 15 is 0 Å². The molecule has 0 radical (unpaired) electrons. The number of hydrogen-bond acceptors (Lipinski definition) is 7. The van der Waals surface area contributed by atoms with Crippen LogP contribution in [0.1, 0.15) is 132 Å². The molecule has 0 fully saturated rings. The van der Waals surface area contributed by atoms with E-state index in [9.17, 15) is 15.0 Å². The molecule has 3 atom stereocenters. The maximum atomic E-state index is 13.8. The minimum atomic E-state index is -0.738. The van der Waals surface area contributed by atoms with Gasteiger partial charge in [0.2, 0.25) is 0 Å². The topological polar surface area (TPSA) is 121 Å². The second kappa shape index (κ2) is 18.9. The van der Waals surface area contributed by atoms with Crippen molar-refractivity contribution >= 4 is 63.6 Å². The normalized spacial score (nSPS) is 20.9. The van der Waals surface area contributed by atoms with E-state index in [0.717, 1.165) is 105 Å². The monoisotopic (exact) mass is 792 g/mol. The molecule has 5 heterocycles. The molecule has 58 heavy (non-hydrogen) atoms. The zero-order valence-electron chi connectivity index (χ0n) is 36.7. The summed E-state index contributed by atoms with van der Waals surface area (Å²) in [5.41, 5.74) is 16.0. The van der Waals surface area contributed by atoms with Crippen LogP contribution >= 0.6 is 0 Å². The van der Waals surface area contributed by atoms with Gasteiger partial charge in [-0.05, 0) is 152 Å². The molecule has 0 unspecified atom stereocenters. The Morgan fingerprint density at radius 3 is 2.31 bits per heavy atom. The van der Waals surface area contributed by atoms with Gasteiger partial charge in [-0.25, -0.2) is 9.98 Å². The molecule has 0 spiro atoms. The molecule has 0 saturated heterocycles. The summed E-state index contributed by atoms with van der Waals surface area (Å²) in [7, 11) is 0. The first-order valence-corrected chi connectivity index (χ1v) is 20.8. The second-order valence-electron chi connectivity index (χ2n) is 16.7. The van der Waals surface area contributed by atoms with E-state index in [4.69, 9.17) is 24.7 Å². The van der Waals surface area contributed by atoms with Crippen molar-refractivity contribution in [2.45, 2.75) is 134 Å². The van der Waals surface area contributed by atoms with Crippen LogP contribution in [0.2, 0.25) is 0 Å². The molecule has 1 aliphatic carbocycles. The number of esters is 1. The molecule has 6 rings (SSSR count). The van der Waals surface area contributed by atoms with Crippen molar-refractivity contribution in [2.24, 2.45) is 26.8 Å². The standard InChI is InChI=1S/C49H61N4O4.Mg/c1-12-35-29(6)38-25-41-44(34(11)54)32(9)47(52-41)33(10)46-30(7)36(19-20-43(56)57-22-21-28(5)18-14-17-27(4)16-13-15-26(2)3)48(53-46)37-23-42(55)45-31(8)39(51-49(37)45)24-40(35)50-38;/h15,17,21,24-25,30,34,36,54H,12-14,16,18-20,22-23H2,1-11H3,(H-,50,51,52,53,55);/q-1;+2/p-1/b27-17+,28-21+;/t30-,34+,36-;/m0./s1. The van der Waals surface area contributed by atoms with Gasteiger partial charge in [0.15, 0.2) is 0 Å². The van der Waals surface area contributed by atoms with Crippen LogP contribution in [0.5, 0.6) is 0 Å². The Morgan fingerprint density at radius 2 is 1.64 bits per heavy atom. The number of carbonyl (C=O) groups is 1. The molecule has 1 N–H and O–H groups in total. The van der Waals surface area contributed by atoms with Crippen LogP contribution in [-0.2, 0) is 9.53 Å². The Balaban J connectivity index is 0.00000641. The van der Waals surface area contributed by atoms with Gasteiger partial charge in [0, 0.05) is 35.2 Å². The average Bonchev–Trinajstić information content (AvgIpc) is 3.91. The Bertz CT molecular complexity index is 2360. The number of fused-ring (bicyclic) bond motifs is 5. The maximum Gasteiger partial charge on any atom is 2.00 e. The van der Waals surface area contributed by atoms with Crippen molar-refractivity contribution in [3.8, 4) is 0 Å². The fraction of sp³-hybridized carbons (Fsp3) is 0.469. The number of aliphatic hydroxyl groups is 1. The van der Waals surface area contributed by atoms with Crippen molar-refractivity contribution < 1.29 is 19.7 Å². The number of hydrogen-bond donors (Lipinski definition) is 1. The molecule has 302 valence electrons. The van der Waals surface area contributed by atoms with Crippen LogP contribution in [0.15, 0.2) is 101 Å². The van der Waals surface area contributed by atoms with E-state index in [0.29, 0.717) is 22.7 Å². The van der Waals surface area contributed by atoms with Gasteiger partial charge in [0.25, 0.3) is 0 Å². The minimum Gasteiger partial charge on any atom is -0.875 e. The van der Waals surface area contributed by atoms with E-state index in [-0.39, 0.29) is 66.1 Å². The van der Waals surface area contributed by atoms with Gasteiger partial charge in [0.1, 0.15) is 6.61 Å². The van der Waals surface area contributed by atoms with Gasteiger partial charge < -0.3 is 19.9 Å². The molecular weight excluding hydrogens is 733 g/mol. The molecule has 4 aliphatic heterocycles. The van der Waals surface area contributed by atoms with Gasteiger partial charge in [-0.3, -0.25) is 9.79 Å². The van der Waals surface area contributed by atoms with Crippen molar-refractivity contribution in [2.75, 3.05) is 6.61 Å². The third-order valence-corrected chi connectivity index (χ3v) is 12.2. The zero-order valence-corrected chi connectivity index (χ0v) is 38.1. The first kappa shape index (κ1) is 45.0. The molecule has 1 aromatic rings. The number of nitrogens with zero attached hydrogens (tertiary/aromatic N) is 4. The molecular formula is C49H60MgN4O4. The SMILES string of the molecule is CCC1=C(C)C2=NC1=Cc1[n-]c3c(c1C)=C([O-])CC=3C1=NC(=C(C)C3=NC(=C2)C([C@@H](C)O)=C3C)[C@@H](C)[C@@H]1CCC(=O)OC/C=C(\C)CC/C=C(\C)CCC=C(C)C.[Mg+2]. The first-order valence-electron chi connectivity index (χ1n) is 20.8. The molecule has 9 heteroatoms. The van der Waals surface area contributed by atoms with E-state index < -0.39 is 6.10 Å². The van der Waals surface area contributed by atoms with Crippen LogP contribution in [0.25, 0.3) is 17.4 Å². The molecule has 0 amide bonds. The average molecular weight is 793 g/mol. The summed E-state index contributed by atoms with van der Waals surface area (Å²) in [6.07, 6.45) is 15.7. The summed E-state index contributed by atoms with van der Waals surface area (Å²) in [4.78, 5) is 33.9. The third-order valence-electron chi connectivity index (χ3n) is 12.2. The van der Waals surface area contributed by atoms with Crippen molar-refractivity contribution in [1.82, 2.24) is 4.98 Å². The summed E-state index contributed by atoms with van der Waals surface area (Å²) in [5.74, 6) is -0.406. The fourth-order valence-electron chi connectivity index (χ4n) is 8.92. The van der Waals surface area contributed by atoms with Crippen molar-refractivity contribution in [3.63, 3.8) is 0 Å². The second-order valence-corrected chi connectivity index (χ2v) is 16.7. The van der Waals surface area contributed by atoms with Crippen molar-refractivity contribution in [1.29, 1.82) is 0 Å². The fourth-order valence-corrected chi connectivity index (χ4v) is 8.92. The molecule has 8 nitrogen and oxygen atoms in total. The smallest absolute Gasteiger partial charge is 0.875 e. The minimum absolute atomic E-state index is 0. The number of ether oxygens (including phenoxy) is 1. The van der Waals surface area contributed by atoms with E-state index in [1.54, 1.807) is 6.92 Å². The van der Waals surface area contributed by atoms with Crippen LogP contribution in [0.4, 0.5) is 0 Å². The van der Waals surface area contributed by atoms with Gasteiger partial charge >= 0.3 is 29.0 Å². The summed E-state index contributed by atoms with van der Waals surface area (Å²) in [5, 5.41) is 26.2. The number of aliphatic imine (C=N–C) groups is 3.